The number of benzene rings is 1. The fourth-order valence-electron chi connectivity index (χ4n) is 2.05. The van der Waals surface area contributed by atoms with E-state index in [1.165, 1.54) is 6.07 Å². The van der Waals surface area contributed by atoms with Crippen molar-refractivity contribution in [1.82, 2.24) is 4.90 Å². The van der Waals surface area contributed by atoms with Crippen LogP contribution in [-0.4, -0.2) is 29.9 Å². The number of carbonyl (C=O) groups excluding carboxylic acids is 1. The predicted octanol–water partition coefficient (Wildman–Crippen LogP) is 2.80. The monoisotopic (exact) mass is 334 g/mol. The van der Waals surface area contributed by atoms with Gasteiger partial charge in [0.15, 0.2) is 0 Å². The first kappa shape index (κ1) is 13.8. The van der Waals surface area contributed by atoms with Crippen LogP contribution in [0.3, 0.4) is 0 Å². The third-order valence-electron chi connectivity index (χ3n) is 2.99. The maximum atomic E-state index is 13.7. The van der Waals surface area contributed by atoms with Gasteiger partial charge in [0.2, 0.25) is 0 Å². The maximum Gasteiger partial charge on any atom is 0.256 e. The summed E-state index contributed by atoms with van der Waals surface area (Å²) in [6.07, 6.45) is 1.75. The largest absolute Gasteiger partial charge is 0.337 e. The Bertz CT molecular complexity index is 483. The second-order valence-corrected chi connectivity index (χ2v) is 5.66. The van der Waals surface area contributed by atoms with E-state index in [2.05, 4.69) is 15.9 Å². The molecular formula is C12H13BrClFN2O. The normalized spacial score (nSPS) is 20.0. The summed E-state index contributed by atoms with van der Waals surface area (Å²) in [6.45, 7) is 1.09. The molecule has 18 heavy (non-hydrogen) atoms. The smallest absolute Gasteiger partial charge is 0.256 e. The molecule has 0 unspecified atom stereocenters. The number of nitrogens with two attached hydrogens (primary N) is 1. The van der Waals surface area contributed by atoms with Crippen LogP contribution >= 0.6 is 27.5 Å². The Morgan fingerprint density at radius 3 is 2.94 bits per heavy atom. The van der Waals surface area contributed by atoms with E-state index in [0.717, 1.165) is 18.9 Å². The lowest BCUT2D eigenvalue weighted by Gasteiger charge is -2.31. The summed E-state index contributed by atoms with van der Waals surface area (Å²) >= 11 is 8.96. The van der Waals surface area contributed by atoms with Gasteiger partial charge in [0.1, 0.15) is 5.82 Å². The SMILES string of the molecule is N[C@H]1CCCN(C(=O)c2cc(Br)c(Cl)cc2F)C1. The Morgan fingerprint density at radius 2 is 2.28 bits per heavy atom. The number of rotatable bonds is 1. The van der Waals surface area contributed by atoms with E-state index in [-0.39, 0.29) is 22.5 Å². The van der Waals surface area contributed by atoms with Crippen molar-refractivity contribution in [3.63, 3.8) is 0 Å². The Balaban J connectivity index is 2.25. The molecule has 1 heterocycles. The first-order chi connectivity index (χ1) is 8.49. The second-order valence-electron chi connectivity index (χ2n) is 4.40. The minimum absolute atomic E-state index is 0.0264. The maximum absolute atomic E-state index is 13.7. The number of carbonyl (C=O) groups is 1. The molecule has 0 bridgehead atoms. The van der Waals surface area contributed by atoms with Crippen molar-refractivity contribution in [3.05, 3.63) is 33.0 Å². The van der Waals surface area contributed by atoms with E-state index < -0.39 is 5.82 Å². The molecule has 0 saturated carbocycles. The Morgan fingerprint density at radius 1 is 1.56 bits per heavy atom. The predicted molar refractivity (Wildman–Crippen MR) is 72.2 cm³/mol. The molecule has 1 aromatic rings. The molecule has 2 N–H and O–H groups in total. The lowest BCUT2D eigenvalue weighted by Crippen LogP contribution is -2.45. The van der Waals surface area contributed by atoms with Crippen LogP contribution in [0.25, 0.3) is 0 Å². The van der Waals surface area contributed by atoms with Gasteiger partial charge < -0.3 is 10.6 Å². The van der Waals surface area contributed by atoms with Crippen molar-refractivity contribution in [2.45, 2.75) is 18.9 Å². The zero-order valence-corrected chi connectivity index (χ0v) is 12.0. The fourth-order valence-corrected chi connectivity index (χ4v) is 2.54. The van der Waals surface area contributed by atoms with Crippen molar-refractivity contribution in [2.75, 3.05) is 13.1 Å². The average Bonchev–Trinajstić information content (AvgIpc) is 2.33. The molecule has 1 aliphatic rings. The topological polar surface area (TPSA) is 46.3 Å². The van der Waals surface area contributed by atoms with Crippen molar-refractivity contribution in [2.24, 2.45) is 5.73 Å². The molecule has 1 atom stereocenters. The van der Waals surface area contributed by atoms with Crippen LogP contribution in [0, 0.1) is 5.82 Å². The highest BCUT2D eigenvalue weighted by Crippen LogP contribution is 2.26. The molecule has 6 heteroatoms. The quantitative estimate of drug-likeness (QED) is 0.802. The van der Waals surface area contributed by atoms with E-state index in [0.29, 0.717) is 17.6 Å². The molecule has 1 saturated heterocycles. The van der Waals surface area contributed by atoms with Crippen LogP contribution in [0.4, 0.5) is 4.39 Å². The van der Waals surface area contributed by atoms with Gasteiger partial charge in [-0.3, -0.25) is 4.79 Å². The van der Waals surface area contributed by atoms with Gasteiger partial charge >= 0.3 is 0 Å². The molecule has 1 aromatic carbocycles. The van der Waals surface area contributed by atoms with E-state index in [4.69, 9.17) is 17.3 Å². The van der Waals surface area contributed by atoms with Crippen LogP contribution in [0.5, 0.6) is 0 Å². The lowest BCUT2D eigenvalue weighted by atomic mass is 10.1. The van der Waals surface area contributed by atoms with Crippen LogP contribution in [-0.2, 0) is 0 Å². The molecule has 1 fully saturated rings. The molecule has 98 valence electrons. The molecule has 1 amide bonds. The van der Waals surface area contributed by atoms with Crippen LogP contribution < -0.4 is 5.73 Å². The van der Waals surface area contributed by atoms with Crippen molar-refractivity contribution in [3.8, 4) is 0 Å². The fraction of sp³-hybridized carbons (Fsp3) is 0.417. The first-order valence-corrected chi connectivity index (χ1v) is 6.85. The van der Waals surface area contributed by atoms with E-state index in [1.54, 1.807) is 4.90 Å². The molecule has 3 nitrogen and oxygen atoms in total. The molecule has 0 aliphatic carbocycles. The number of piperidine rings is 1. The number of halogens is 3. The molecule has 0 radical (unpaired) electrons. The molecular weight excluding hydrogens is 322 g/mol. The van der Waals surface area contributed by atoms with Gasteiger partial charge in [-0.25, -0.2) is 4.39 Å². The van der Waals surface area contributed by atoms with E-state index >= 15 is 0 Å². The lowest BCUT2D eigenvalue weighted by molar-refractivity contribution is 0.0704. The third kappa shape index (κ3) is 2.84. The average molecular weight is 336 g/mol. The third-order valence-corrected chi connectivity index (χ3v) is 4.18. The van der Waals surface area contributed by atoms with Gasteiger partial charge in [-0.1, -0.05) is 11.6 Å². The van der Waals surface area contributed by atoms with Crippen molar-refractivity contribution >= 4 is 33.4 Å². The highest BCUT2D eigenvalue weighted by molar-refractivity contribution is 9.10. The number of amides is 1. The van der Waals surface area contributed by atoms with E-state index in [1.807, 2.05) is 0 Å². The summed E-state index contributed by atoms with van der Waals surface area (Å²) in [5.74, 6) is -0.938. The van der Waals surface area contributed by atoms with Crippen LogP contribution in [0.1, 0.15) is 23.2 Å². The second kappa shape index (κ2) is 5.55. The number of hydrogen-bond acceptors (Lipinski definition) is 2. The minimum Gasteiger partial charge on any atom is -0.337 e. The zero-order valence-electron chi connectivity index (χ0n) is 9.63. The molecule has 0 spiro atoms. The number of nitrogens with zero attached hydrogens (tertiary/aromatic N) is 1. The Hall–Kier alpha value is -0.650. The minimum atomic E-state index is -0.604. The first-order valence-electron chi connectivity index (χ1n) is 5.68. The van der Waals surface area contributed by atoms with Crippen molar-refractivity contribution < 1.29 is 9.18 Å². The highest BCUT2D eigenvalue weighted by Gasteiger charge is 2.25. The number of likely N-dealkylation sites (tertiary alicyclic amines) is 1. The summed E-state index contributed by atoms with van der Waals surface area (Å²) in [6, 6.07) is 2.53. The number of hydrogen-bond donors (Lipinski definition) is 1. The highest BCUT2D eigenvalue weighted by atomic mass is 79.9. The van der Waals surface area contributed by atoms with Gasteiger partial charge in [-0.2, -0.15) is 0 Å². The summed E-state index contributed by atoms with van der Waals surface area (Å²) in [7, 11) is 0. The van der Waals surface area contributed by atoms with E-state index in [9.17, 15) is 9.18 Å². The van der Waals surface area contributed by atoms with Crippen LogP contribution in [0.15, 0.2) is 16.6 Å². The summed E-state index contributed by atoms with van der Waals surface area (Å²) < 4.78 is 14.3. The Labute approximate surface area is 118 Å². The van der Waals surface area contributed by atoms with Gasteiger partial charge in [0.05, 0.1) is 10.6 Å². The molecule has 1 aliphatic heterocycles. The summed E-state index contributed by atoms with van der Waals surface area (Å²) in [5.41, 5.74) is 5.84. The van der Waals surface area contributed by atoms with Crippen molar-refractivity contribution in [1.29, 1.82) is 0 Å². The van der Waals surface area contributed by atoms with Gasteiger partial charge in [0, 0.05) is 23.6 Å². The van der Waals surface area contributed by atoms with Gasteiger partial charge in [-0.05, 0) is 40.9 Å². The molecule has 2 rings (SSSR count). The zero-order chi connectivity index (χ0) is 13.3. The molecule has 0 aromatic heterocycles. The van der Waals surface area contributed by atoms with Gasteiger partial charge in [-0.15, -0.1) is 0 Å². The standard InChI is InChI=1S/C12H13BrClFN2O/c13-9-4-8(11(15)5-10(9)14)12(18)17-3-1-2-7(16)6-17/h4-5,7H,1-3,6,16H2/t7-/m0/s1. The Kier molecular flexibility index (Phi) is 4.25. The van der Waals surface area contributed by atoms with Crippen LogP contribution in [0.2, 0.25) is 5.02 Å². The van der Waals surface area contributed by atoms with Gasteiger partial charge in [0.25, 0.3) is 5.91 Å². The summed E-state index contributed by atoms with van der Waals surface area (Å²) in [4.78, 5) is 13.8. The summed E-state index contributed by atoms with van der Waals surface area (Å²) in [5, 5.41) is 0.249.